The molecular formula is C27H31N3O3. The number of amides is 1. The molecule has 0 saturated carbocycles. The smallest absolute Gasteiger partial charge is 0.258 e. The van der Waals surface area contributed by atoms with Crippen LogP contribution in [0.5, 0.6) is 11.5 Å². The summed E-state index contributed by atoms with van der Waals surface area (Å²) in [5, 5.41) is 2.98. The predicted molar refractivity (Wildman–Crippen MR) is 131 cm³/mol. The molecule has 172 valence electrons. The molecule has 1 heterocycles. The first-order chi connectivity index (χ1) is 16.2. The van der Waals surface area contributed by atoms with Gasteiger partial charge in [0.05, 0.1) is 7.11 Å². The van der Waals surface area contributed by atoms with Crippen molar-refractivity contribution in [1.29, 1.82) is 0 Å². The molecule has 0 aliphatic carbocycles. The Morgan fingerprint density at radius 1 is 0.818 bits per heavy atom. The van der Waals surface area contributed by atoms with Gasteiger partial charge in [0.25, 0.3) is 5.91 Å². The fourth-order valence-corrected chi connectivity index (χ4v) is 3.99. The average Bonchev–Trinajstić information content (AvgIpc) is 2.88. The van der Waals surface area contributed by atoms with Crippen LogP contribution in [0.4, 0.5) is 5.69 Å². The minimum Gasteiger partial charge on any atom is -0.497 e. The van der Waals surface area contributed by atoms with Crippen molar-refractivity contribution in [2.24, 2.45) is 0 Å². The lowest BCUT2D eigenvalue weighted by Crippen LogP contribution is -2.46. The summed E-state index contributed by atoms with van der Waals surface area (Å²) in [4.78, 5) is 17.2. The van der Waals surface area contributed by atoms with Crippen LogP contribution in [-0.2, 0) is 17.9 Å². The number of para-hydroxylation sites is 1. The van der Waals surface area contributed by atoms with Crippen LogP contribution in [0.1, 0.15) is 11.1 Å². The summed E-state index contributed by atoms with van der Waals surface area (Å²) in [7, 11) is 1.62. The van der Waals surface area contributed by atoms with E-state index in [0.717, 1.165) is 44.0 Å². The van der Waals surface area contributed by atoms with E-state index in [1.807, 2.05) is 18.2 Å². The first-order valence-electron chi connectivity index (χ1n) is 11.3. The highest BCUT2D eigenvalue weighted by Gasteiger charge is 2.18. The topological polar surface area (TPSA) is 54.0 Å². The summed E-state index contributed by atoms with van der Waals surface area (Å²) < 4.78 is 10.7. The van der Waals surface area contributed by atoms with Crippen LogP contribution in [0.15, 0.2) is 78.9 Å². The molecule has 1 aliphatic heterocycles. The second-order valence-corrected chi connectivity index (χ2v) is 8.11. The van der Waals surface area contributed by atoms with Gasteiger partial charge in [-0.25, -0.2) is 0 Å². The van der Waals surface area contributed by atoms with Crippen molar-refractivity contribution in [2.45, 2.75) is 13.1 Å². The van der Waals surface area contributed by atoms with Gasteiger partial charge in [-0.15, -0.1) is 0 Å². The summed E-state index contributed by atoms with van der Waals surface area (Å²) in [6, 6.07) is 26.1. The number of methoxy groups -OCH3 is 1. The highest BCUT2D eigenvalue weighted by atomic mass is 16.5. The molecule has 1 saturated heterocycles. The fourth-order valence-electron chi connectivity index (χ4n) is 3.99. The van der Waals surface area contributed by atoms with Gasteiger partial charge in [-0.1, -0.05) is 42.5 Å². The Morgan fingerprint density at radius 3 is 2.15 bits per heavy atom. The van der Waals surface area contributed by atoms with Gasteiger partial charge in [0.1, 0.15) is 11.5 Å². The predicted octanol–water partition coefficient (Wildman–Crippen LogP) is 3.71. The molecule has 0 atom stereocenters. The molecule has 33 heavy (non-hydrogen) atoms. The Bertz CT molecular complexity index is 1020. The lowest BCUT2D eigenvalue weighted by Gasteiger charge is -2.36. The van der Waals surface area contributed by atoms with Crippen molar-refractivity contribution in [3.63, 3.8) is 0 Å². The summed E-state index contributed by atoms with van der Waals surface area (Å²) in [5.74, 6) is 1.25. The van der Waals surface area contributed by atoms with Crippen molar-refractivity contribution >= 4 is 11.6 Å². The number of hydrogen-bond acceptors (Lipinski definition) is 5. The number of rotatable bonds is 9. The molecule has 0 unspecified atom stereocenters. The first kappa shape index (κ1) is 22.7. The zero-order valence-electron chi connectivity index (χ0n) is 19.1. The highest BCUT2D eigenvalue weighted by Crippen LogP contribution is 2.19. The second-order valence-electron chi connectivity index (χ2n) is 8.11. The van der Waals surface area contributed by atoms with Crippen LogP contribution in [0.2, 0.25) is 0 Å². The summed E-state index contributed by atoms with van der Waals surface area (Å²) in [6.45, 7) is 5.44. The molecule has 3 aromatic carbocycles. The highest BCUT2D eigenvalue weighted by molar-refractivity contribution is 5.77. The molecule has 3 aromatic rings. The molecule has 1 aliphatic rings. The fraction of sp³-hybridized carbons (Fsp3) is 0.296. The van der Waals surface area contributed by atoms with Crippen molar-refractivity contribution in [2.75, 3.05) is 44.8 Å². The summed E-state index contributed by atoms with van der Waals surface area (Å²) in [5.41, 5.74) is 3.68. The van der Waals surface area contributed by atoms with Gasteiger partial charge in [-0.2, -0.15) is 0 Å². The summed E-state index contributed by atoms with van der Waals surface area (Å²) >= 11 is 0. The van der Waals surface area contributed by atoms with Gasteiger partial charge in [-0.3, -0.25) is 9.69 Å². The second kappa shape index (κ2) is 11.4. The van der Waals surface area contributed by atoms with Crippen LogP contribution in [0.25, 0.3) is 0 Å². The Labute approximate surface area is 195 Å². The van der Waals surface area contributed by atoms with Crippen molar-refractivity contribution < 1.29 is 14.3 Å². The van der Waals surface area contributed by atoms with E-state index in [9.17, 15) is 4.79 Å². The van der Waals surface area contributed by atoms with E-state index < -0.39 is 0 Å². The average molecular weight is 446 g/mol. The van der Waals surface area contributed by atoms with E-state index in [4.69, 9.17) is 9.47 Å². The number of ether oxygens (including phenoxy) is 2. The van der Waals surface area contributed by atoms with Crippen LogP contribution < -0.4 is 19.7 Å². The molecule has 0 radical (unpaired) electrons. The van der Waals surface area contributed by atoms with Crippen LogP contribution >= 0.6 is 0 Å². The molecule has 0 spiro atoms. The standard InChI is InChI=1S/C27H31N3O3/c1-32-25-11-13-26(14-12-25)33-21-27(31)28-19-22-7-5-6-8-23(22)20-29-15-17-30(18-16-29)24-9-3-2-4-10-24/h2-14H,15-21H2,1H3,(H,28,31). The number of nitrogens with zero attached hydrogens (tertiary/aromatic N) is 2. The van der Waals surface area contributed by atoms with E-state index in [0.29, 0.717) is 12.3 Å². The molecular weight excluding hydrogens is 414 g/mol. The van der Waals surface area contributed by atoms with Crippen LogP contribution in [0.3, 0.4) is 0 Å². The molecule has 4 rings (SSSR count). The molecule has 1 fully saturated rings. The zero-order chi connectivity index (χ0) is 22.9. The van der Waals surface area contributed by atoms with Crippen molar-refractivity contribution in [1.82, 2.24) is 10.2 Å². The Hall–Kier alpha value is -3.51. The van der Waals surface area contributed by atoms with E-state index in [1.54, 1.807) is 19.2 Å². The number of piperazine rings is 1. The lowest BCUT2D eigenvalue weighted by atomic mass is 10.1. The van der Waals surface area contributed by atoms with Gasteiger partial charge in [0.15, 0.2) is 6.61 Å². The normalized spacial score (nSPS) is 14.0. The van der Waals surface area contributed by atoms with Gasteiger partial charge >= 0.3 is 0 Å². The van der Waals surface area contributed by atoms with Crippen molar-refractivity contribution in [3.05, 3.63) is 90.0 Å². The van der Waals surface area contributed by atoms with E-state index in [1.165, 1.54) is 11.3 Å². The SMILES string of the molecule is COc1ccc(OCC(=O)NCc2ccccc2CN2CCN(c3ccccc3)CC2)cc1. The van der Waals surface area contributed by atoms with Crippen molar-refractivity contribution in [3.8, 4) is 11.5 Å². The number of nitrogens with one attached hydrogen (secondary N) is 1. The quantitative estimate of drug-likeness (QED) is 0.544. The number of carbonyl (C=O) groups is 1. The maximum atomic E-state index is 12.3. The number of hydrogen-bond donors (Lipinski definition) is 1. The largest absolute Gasteiger partial charge is 0.497 e. The minimum absolute atomic E-state index is 0.0179. The number of carbonyl (C=O) groups excluding carboxylic acids is 1. The Balaban J connectivity index is 1.25. The third-order valence-electron chi connectivity index (χ3n) is 5.91. The first-order valence-corrected chi connectivity index (χ1v) is 11.3. The monoisotopic (exact) mass is 445 g/mol. The minimum atomic E-state index is -0.142. The van der Waals surface area contributed by atoms with Gasteiger partial charge in [0.2, 0.25) is 0 Å². The van der Waals surface area contributed by atoms with E-state index in [2.05, 4.69) is 63.6 Å². The third-order valence-corrected chi connectivity index (χ3v) is 5.91. The zero-order valence-corrected chi connectivity index (χ0v) is 19.1. The van der Waals surface area contributed by atoms with Gasteiger partial charge in [-0.05, 0) is 47.5 Å². The molecule has 1 amide bonds. The molecule has 6 heteroatoms. The molecule has 0 aromatic heterocycles. The van der Waals surface area contributed by atoms with Gasteiger partial charge < -0.3 is 19.7 Å². The molecule has 6 nitrogen and oxygen atoms in total. The van der Waals surface area contributed by atoms with E-state index >= 15 is 0 Å². The lowest BCUT2D eigenvalue weighted by molar-refractivity contribution is -0.123. The maximum absolute atomic E-state index is 12.3. The number of anilines is 1. The maximum Gasteiger partial charge on any atom is 0.258 e. The Kier molecular flexibility index (Phi) is 7.82. The molecule has 1 N–H and O–H groups in total. The Morgan fingerprint density at radius 2 is 1.45 bits per heavy atom. The van der Waals surface area contributed by atoms with Crippen LogP contribution in [0, 0.1) is 0 Å². The van der Waals surface area contributed by atoms with Gasteiger partial charge in [0, 0.05) is 45.0 Å². The molecule has 0 bridgehead atoms. The third kappa shape index (κ3) is 6.49. The van der Waals surface area contributed by atoms with Crippen LogP contribution in [-0.4, -0.2) is 50.7 Å². The summed E-state index contributed by atoms with van der Waals surface area (Å²) in [6.07, 6.45) is 0. The number of benzene rings is 3. The van der Waals surface area contributed by atoms with E-state index in [-0.39, 0.29) is 12.5 Å².